The lowest BCUT2D eigenvalue weighted by Crippen LogP contribution is -2.00. The summed E-state index contributed by atoms with van der Waals surface area (Å²) in [5.74, 6) is 0. The Morgan fingerprint density at radius 2 is 1.10 bits per heavy atom. The van der Waals surface area contributed by atoms with E-state index in [2.05, 4.69) is 13.1 Å². The van der Waals surface area contributed by atoms with Crippen LogP contribution >= 0.6 is 0 Å². The molecule has 0 aliphatic heterocycles. The van der Waals surface area contributed by atoms with Crippen LogP contribution in [0.2, 0.25) is 19.1 Å². The van der Waals surface area contributed by atoms with E-state index in [1.54, 1.807) is 13.2 Å². The molecule has 122 valence electrons. The van der Waals surface area contributed by atoms with Gasteiger partial charge in [-0.2, -0.15) is 0 Å². The van der Waals surface area contributed by atoms with Crippen molar-refractivity contribution in [3.8, 4) is 0 Å². The normalized spacial score (nSPS) is 11.4. The number of ether oxygens (including phenoxy) is 2. The Morgan fingerprint density at radius 3 is 1.65 bits per heavy atom. The van der Waals surface area contributed by atoms with Gasteiger partial charge in [0.1, 0.15) is 0 Å². The minimum absolute atomic E-state index is 0.280. The van der Waals surface area contributed by atoms with Crippen LogP contribution in [-0.4, -0.2) is 35.7 Å². The van der Waals surface area contributed by atoms with Crippen LogP contribution in [0.4, 0.5) is 0 Å². The van der Waals surface area contributed by atoms with Crippen LogP contribution in [0.25, 0.3) is 0 Å². The monoisotopic (exact) mass is 302 g/mol. The first-order chi connectivity index (χ1) is 9.77. The maximum Gasteiger partial charge on any atom is 0.0487 e. The van der Waals surface area contributed by atoms with E-state index in [0.717, 1.165) is 26.2 Å². The zero-order chi connectivity index (χ0) is 14.9. The van der Waals surface area contributed by atoms with Crippen molar-refractivity contribution in [3.63, 3.8) is 0 Å². The third-order valence-electron chi connectivity index (χ3n) is 3.71. The lowest BCUT2D eigenvalue weighted by atomic mass is 10.1. The SMILES string of the molecule is COCCCOCCCCCCCCCCC[SiH](C)C. The van der Waals surface area contributed by atoms with Crippen molar-refractivity contribution in [1.29, 1.82) is 0 Å². The first-order valence-electron chi connectivity index (χ1n) is 8.84. The summed E-state index contributed by atoms with van der Waals surface area (Å²) in [6.07, 6.45) is 13.7. The Labute approximate surface area is 129 Å². The number of unbranched alkanes of at least 4 members (excludes halogenated alkanes) is 8. The second-order valence-electron chi connectivity index (χ2n) is 6.32. The Balaban J connectivity index is 2.92. The molecule has 0 amide bonds. The van der Waals surface area contributed by atoms with Crippen LogP contribution in [0.3, 0.4) is 0 Å². The smallest absolute Gasteiger partial charge is 0.0487 e. The molecule has 0 spiro atoms. The van der Waals surface area contributed by atoms with Gasteiger partial charge >= 0.3 is 0 Å². The van der Waals surface area contributed by atoms with Gasteiger partial charge in [0, 0.05) is 35.7 Å². The zero-order valence-electron chi connectivity index (χ0n) is 14.3. The van der Waals surface area contributed by atoms with Gasteiger partial charge in [0.05, 0.1) is 0 Å². The summed E-state index contributed by atoms with van der Waals surface area (Å²) in [6, 6.07) is 1.55. The summed E-state index contributed by atoms with van der Waals surface area (Å²) in [4.78, 5) is 0. The van der Waals surface area contributed by atoms with E-state index < -0.39 is 0 Å². The third-order valence-corrected chi connectivity index (χ3v) is 5.27. The summed E-state index contributed by atoms with van der Waals surface area (Å²) >= 11 is 0. The Morgan fingerprint density at radius 1 is 0.600 bits per heavy atom. The molecular formula is C17H38O2Si. The molecule has 0 saturated carbocycles. The Bertz CT molecular complexity index is 174. The van der Waals surface area contributed by atoms with Crippen molar-refractivity contribution in [2.24, 2.45) is 0 Å². The van der Waals surface area contributed by atoms with Crippen LogP contribution < -0.4 is 0 Å². The molecule has 3 heteroatoms. The number of hydrogen-bond donors (Lipinski definition) is 0. The second kappa shape index (κ2) is 17.2. The standard InChI is InChI=1S/C17H38O2Si/c1-18-14-13-16-19-15-11-9-7-5-4-6-8-10-12-17-20(2)3/h20H,4-17H2,1-3H3. The van der Waals surface area contributed by atoms with Crippen LogP contribution in [0.15, 0.2) is 0 Å². The molecule has 0 atom stereocenters. The molecule has 0 bridgehead atoms. The highest BCUT2D eigenvalue weighted by Crippen LogP contribution is 2.11. The number of hydrogen-bond acceptors (Lipinski definition) is 2. The zero-order valence-corrected chi connectivity index (χ0v) is 15.4. The predicted molar refractivity (Wildman–Crippen MR) is 92.5 cm³/mol. The number of rotatable bonds is 16. The highest BCUT2D eigenvalue weighted by molar-refractivity contribution is 6.55. The molecule has 0 fully saturated rings. The molecule has 0 saturated heterocycles. The molecule has 0 rings (SSSR count). The van der Waals surface area contributed by atoms with Gasteiger partial charge in [0.15, 0.2) is 0 Å². The second-order valence-corrected chi connectivity index (χ2v) is 9.69. The topological polar surface area (TPSA) is 18.5 Å². The molecule has 0 radical (unpaired) electrons. The van der Waals surface area contributed by atoms with E-state index in [9.17, 15) is 0 Å². The molecule has 0 aliphatic carbocycles. The number of methoxy groups -OCH3 is 1. The van der Waals surface area contributed by atoms with Gasteiger partial charge in [-0.05, 0) is 12.8 Å². The fourth-order valence-corrected chi connectivity index (χ4v) is 3.51. The van der Waals surface area contributed by atoms with Crippen LogP contribution in [0.1, 0.15) is 64.2 Å². The van der Waals surface area contributed by atoms with Crippen LogP contribution in [0, 0.1) is 0 Å². The fraction of sp³-hybridized carbons (Fsp3) is 1.00. The van der Waals surface area contributed by atoms with Crippen molar-refractivity contribution in [2.45, 2.75) is 83.3 Å². The molecule has 0 aromatic carbocycles. The first kappa shape index (κ1) is 20.1. The quantitative estimate of drug-likeness (QED) is 0.294. The van der Waals surface area contributed by atoms with E-state index >= 15 is 0 Å². The van der Waals surface area contributed by atoms with E-state index in [1.165, 1.54) is 57.8 Å². The molecule has 0 aromatic heterocycles. The molecule has 0 heterocycles. The third kappa shape index (κ3) is 18.1. The molecule has 0 aromatic rings. The van der Waals surface area contributed by atoms with Gasteiger partial charge in [-0.25, -0.2) is 0 Å². The van der Waals surface area contributed by atoms with Crippen molar-refractivity contribution in [2.75, 3.05) is 26.9 Å². The lowest BCUT2D eigenvalue weighted by Gasteiger charge is -2.05. The summed E-state index contributed by atoms with van der Waals surface area (Å²) in [5.41, 5.74) is 0. The van der Waals surface area contributed by atoms with E-state index in [4.69, 9.17) is 9.47 Å². The van der Waals surface area contributed by atoms with Gasteiger partial charge in [-0.3, -0.25) is 0 Å². The van der Waals surface area contributed by atoms with E-state index in [0.29, 0.717) is 0 Å². The van der Waals surface area contributed by atoms with Gasteiger partial charge in [0.2, 0.25) is 0 Å². The predicted octanol–water partition coefficient (Wildman–Crippen LogP) is 5.04. The lowest BCUT2D eigenvalue weighted by molar-refractivity contribution is 0.100. The van der Waals surface area contributed by atoms with Crippen molar-refractivity contribution in [3.05, 3.63) is 0 Å². The maximum atomic E-state index is 5.55. The molecule has 0 aliphatic rings. The Hall–Kier alpha value is 0.137. The minimum Gasteiger partial charge on any atom is -0.385 e. The van der Waals surface area contributed by atoms with E-state index in [-0.39, 0.29) is 8.80 Å². The summed E-state index contributed by atoms with van der Waals surface area (Å²) in [6.45, 7) is 7.53. The molecule has 20 heavy (non-hydrogen) atoms. The van der Waals surface area contributed by atoms with Crippen LogP contribution in [0.5, 0.6) is 0 Å². The maximum absolute atomic E-state index is 5.55. The first-order valence-corrected chi connectivity index (χ1v) is 12.0. The highest BCUT2D eigenvalue weighted by Gasteiger charge is 1.96. The average Bonchev–Trinajstić information content (AvgIpc) is 2.43. The van der Waals surface area contributed by atoms with Gasteiger partial charge < -0.3 is 9.47 Å². The molecule has 2 nitrogen and oxygen atoms in total. The van der Waals surface area contributed by atoms with Crippen molar-refractivity contribution in [1.82, 2.24) is 0 Å². The molecule has 0 unspecified atom stereocenters. The van der Waals surface area contributed by atoms with Gasteiger partial charge in [-0.15, -0.1) is 0 Å². The Kier molecular flexibility index (Phi) is 17.3. The average molecular weight is 303 g/mol. The summed E-state index contributed by atoms with van der Waals surface area (Å²) < 4.78 is 10.5. The minimum atomic E-state index is -0.280. The van der Waals surface area contributed by atoms with Gasteiger partial charge in [0.25, 0.3) is 0 Å². The summed E-state index contributed by atoms with van der Waals surface area (Å²) in [5, 5.41) is 0. The molecular weight excluding hydrogens is 264 g/mol. The summed E-state index contributed by atoms with van der Waals surface area (Å²) in [7, 11) is 1.46. The largest absolute Gasteiger partial charge is 0.385 e. The molecule has 0 N–H and O–H groups in total. The van der Waals surface area contributed by atoms with E-state index in [1.807, 2.05) is 0 Å². The van der Waals surface area contributed by atoms with Crippen molar-refractivity contribution >= 4 is 8.80 Å². The fourth-order valence-electron chi connectivity index (χ4n) is 2.40. The van der Waals surface area contributed by atoms with Gasteiger partial charge in [-0.1, -0.05) is 70.5 Å². The van der Waals surface area contributed by atoms with Crippen LogP contribution in [-0.2, 0) is 9.47 Å². The highest BCUT2D eigenvalue weighted by atomic mass is 28.3. The van der Waals surface area contributed by atoms with Crippen molar-refractivity contribution < 1.29 is 9.47 Å².